The van der Waals surface area contributed by atoms with Crippen molar-refractivity contribution in [1.82, 2.24) is 0 Å². The van der Waals surface area contributed by atoms with E-state index >= 15 is 0 Å². The first-order chi connectivity index (χ1) is 14.0. The topological polar surface area (TPSA) is 80.7 Å². The standard InChI is InChI=1S/C24H32O5S/c1-5-19(26)29-24(20(27)30)14(2)12-18-22(24,4)10-8-17-21(3)9-7-16(25)13-15(21)6-11-23(17,18)28/h7,9,13-14,17-18,28H,5-6,8,10-12H2,1-4H3,(H,27,30)/t14-,17-,18-,21+,22+,23?,24+/m1/s1. The molecule has 3 saturated carbocycles. The van der Waals surface area contributed by atoms with Crippen molar-refractivity contribution in [3.8, 4) is 0 Å². The maximum absolute atomic E-state index is 12.9. The molecule has 164 valence electrons. The number of ether oxygens (including phenoxy) is 1. The van der Waals surface area contributed by atoms with Crippen molar-refractivity contribution in [3.63, 3.8) is 0 Å². The van der Waals surface area contributed by atoms with Crippen LogP contribution < -0.4 is 0 Å². The first-order valence-electron chi connectivity index (χ1n) is 11.1. The normalized spacial score (nSPS) is 47.1. The maximum Gasteiger partial charge on any atom is 0.306 e. The van der Waals surface area contributed by atoms with E-state index in [1.54, 1.807) is 19.1 Å². The van der Waals surface area contributed by atoms with Gasteiger partial charge in [-0.25, -0.2) is 0 Å². The van der Waals surface area contributed by atoms with Crippen LogP contribution in [0.1, 0.15) is 66.2 Å². The molecule has 0 aromatic heterocycles. The number of esters is 1. The molecule has 3 fully saturated rings. The molecule has 7 atom stereocenters. The number of aliphatic hydroxyl groups is 1. The molecule has 1 N–H and O–H groups in total. The van der Waals surface area contributed by atoms with Crippen molar-refractivity contribution in [1.29, 1.82) is 0 Å². The average molecular weight is 433 g/mol. The van der Waals surface area contributed by atoms with E-state index in [9.17, 15) is 19.5 Å². The lowest BCUT2D eigenvalue weighted by atomic mass is 9.45. The van der Waals surface area contributed by atoms with Gasteiger partial charge in [-0.3, -0.25) is 14.4 Å². The summed E-state index contributed by atoms with van der Waals surface area (Å²) in [7, 11) is 0. The summed E-state index contributed by atoms with van der Waals surface area (Å²) in [6, 6.07) is 0. The second-order valence-corrected chi connectivity index (χ2v) is 10.7. The first-order valence-corrected chi connectivity index (χ1v) is 11.5. The summed E-state index contributed by atoms with van der Waals surface area (Å²) in [5.41, 5.74) is -2.30. The van der Waals surface area contributed by atoms with Crippen LogP contribution in [0.4, 0.5) is 0 Å². The summed E-state index contributed by atoms with van der Waals surface area (Å²) in [6.07, 6.45) is 8.65. The molecule has 0 aromatic carbocycles. The number of hydrogen-bond donors (Lipinski definition) is 2. The Bertz CT molecular complexity index is 877. The Morgan fingerprint density at radius 2 is 1.97 bits per heavy atom. The minimum absolute atomic E-state index is 0.00853. The fraction of sp³-hybridized carbons (Fsp3) is 0.708. The zero-order valence-corrected chi connectivity index (χ0v) is 19.1. The predicted octanol–water partition coefficient (Wildman–Crippen LogP) is 3.80. The maximum atomic E-state index is 12.9. The highest BCUT2D eigenvalue weighted by Crippen LogP contribution is 2.70. The number of thiol groups is 1. The lowest BCUT2D eigenvalue weighted by Gasteiger charge is -2.62. The molecule has 0 aliphatic heterocycles. The lowest BCUT2D eigenvalue weighted by Crippen LogP contribution is -2.65. The van der Waals surface area contributed by atoms with Gasteiger partial charge in [-0.15, -0.1) is 12.6 Å². The van der Waals surface area contributed by atoms with Gasteiger partial charge in [0.25, 0.3) is 0 Å². The summed E-state index contributed by atoms with van der Waals surface area (Å²) in [5.74, 6) is -0.871. The number of rotatable bonds is 3. The first kappa shape index (κ1) is 21.8. The van der Waals surface area contributed by atoms with E-state index in [4.69, 9.17) is 4.74 Å². The second kappa shape index (κ2) is 6.80. The molecule has 5 nitrogen and oxygen atoms in total. The van der Waals surface area contributed by atoms with Crippen molar-refractivity contribution in [3.05, 3.63) is 23.8 Å². The smallest absolute Gasteiger partial charge is 0.306 e. The van der Waals surface area contributed by atoms with Gasteiger partial charge in [-0.05, 0) is 50.2 Å². The van der Waals surface area contributed by atoms with Crippen LogP contribution in [0, 0.1) is 28.6 Å². The van der Waals surface area contributed by atoms with Crippen LogP contribution >= 0.6 is 12.6 Å². The average Bonchev–Trinajstić information content (AvgIpc) is 2.91. The molecule has 0 radical (unpaired) electrons. The molecule has 0 bridgehead atoms. The van der Waals surface area contributed by atoms with Crippen LogP contribution in [0.15, 0.2) is 23.8 Å². The van der Waals surface area contributed by atoms with Crippen molar-refractivity contribution in [2.24, 2.45) is 28.6 Å². The number of fused-ring (bicyclic) bond motifs is 5. The molecule has 0 aromatic rings. The minimum Gasteiger partial charge on any atom is -0.449 e. The monoisotopic (exact) mass is 432 g/mol. The molecule has 30 heavy (non-hydrogen) atoms. The number of carbonyl (C=O) groups is 3. The molecule has 6 heteroatoms. The third-order valence-electron chi connectivity index (χ3n) is 9.06. The fourth-order valence-corrected chi connectivity index (χ4v) is 8.06. The molecule has 1 unspecified atom stereocenters. The highest BCUT2D eigenvalue weighted by molar-refractivity contribution is 7.96. The second-order valence-electron chi connectivity index (χ2n) is 10.2. The number of carbonyl (C=O) groups excluding carboxylic acids is 3. The van der Waals surface area contributed by atoms with Crippen LogP contribution in [-0.2, 0) is 19.1 Å². The highest BCUT2D eigenvalue weighted by Gasteiger charge is 2.74. The summed E-state index contributed by atoms with van der Waals surface area (Å²) >= 11 is 4.21. The Balaban J connectivity index is 1.80. The quantitative estimate of drug-likeness (QED) is 0.524. The number of hydrogen-bond acceptors (Lipinski definition) is 5. The van der Waals surface area contributed by atoms with E-state index in [2.05, 4.69) is 19.6 Å². The molecule has 4 aliphatic rings. The van der Waals surface area contributed by atoms with Gasteiger partial charge < -0.3 is 9.84 Å². The molecule has 0 amide bonds. The van der Waals surface area contributed by atoms with Gasteiger partial charge in [0.1, 0.15) is 0 Å². The van der Waals surface area contributed by atoms with Crippen molar-refractivity contribution < 1.29 is 24.2 Å². The zero-order chi connectivity index (χ0) is 22.1. The Morgan fingerprint density at radius 3 is 2.60 bits per heavy atom. The third kappa shape index (κ3) is 2.56. The number of ketones is 1. The molecule has 4 aliphatic carbocycles. The summed E-state index contributed by atoms with van der Waals surface area (Å²) in [4.78, 5) is 37.2. The van der Waals surface area contributed by atoms with Gasteiger partial charge in [0.05, 0.1) is 5.60 Å². The largest absolute Gasteiger partial charge is 0.449 e. The van der Waals surface area contributed by atoms with E-state index in [0.717, 1.165) is 5.57 Å². The highest BCUT2D eigenvalue weighted by atomic mass is 32.1. The molecular weight excluding hydrogens is 400 g/mol. The molecular formula is C24H32O5S. The Kier molecular flexibility index (Phi) is 4.94. The van der Waals surface area contributed by atoms with Crippen molar-refractivity contribution in [2.75, 3.05) is 0 Å². The fourth-order valence-electron chi connectivity index (χ4n) is 7.54. The Morgan fingerprint density at radius 1 is 1.27 bits per heavy atom. The molecule has 0 spiro atoms. The predicted molar refractivity (Wildman–Crippen MR) is 116 cm³/mol. The Hall–Kier alpha value is -1.40. The van der Waals surface area contributed by atoms with Gasteiger partial charge in [-0.2, -0.15) is 0 Å². The Labute approximate surface area is 183 Å². The van der Waals surface area contributed by atoms with Crippen LogP contribution in [0.3, 0.4) is 0 Å². The van der Waals surface area contributed by atoms with Gasteiger partial charge in [0.2, 0.25) is 5.12 Å². The molecule has 0 saturated heterocycles. The van der Waals surface area contributed by atoms with Crippen LogP contribution in [0.25, 0.3) is 0 Å². The third-order valence-corrected chi connectivity index (χ3v) is 9.39. The van der Waals surface area contributed by atoms with E-state index in [0.29, 0.717) is 32.1 Å². The SMILES string of the molecule is CCC(=O)O[C@]1(C(=O)S)[C@H](C)C[C@H]2C3(O)CCC4=CC(=O)C=C[C@]4(C)[C@H]3CC[C@@]21C. The summed E-state index contributed by atoms with van der Waals surface area (Å²) < 4.78 is 5.92. The lowest BCUT2D eigenvalue weighted by molar-refractivity contribution is -0.215. The molecule has 4 rings (SSSR count). The van der Waals surface area contributed by atoms with E-state index < -0.39 is 27.7 Å². The van der Waals surface area contributed by atoms with Crippen LogP contribution in [0.2, 0.25) is 0 Å². The van der Waals surface area contributed by atoms with Crippen LogP contribution in [0.5, 0.6) is 0 Å². The summed E-state index contributed by atoms with van der Waals surface area (Å²) in [5, 5.41) is 11.8. The van der Waals surface area contributed by atoms with E-state index in [-0.39, 0.29) is 35.4 Å². The van der Waals surface area contributed by atoms with E-state index in [1.807, 2.05) is 19.9 Å². The van der Waals surface area contributed by atoms with Crippen molar-refractivity contribution >= 4 is 29.5 Å². The van der Waals surface area contributed by atoms with Gasteiger partial charge in [0, 0.05) is 29.1 Å². The van der Waals surface area contributed by atoms with Gasteiger partial charge in [-0.1, -0.05) is 39.3 Å². The summed E-state index contributed by atoms with van der Waals surface area (Å²) in [6.45, 7) is 7.77. The molecule has 0 heterocycles. The van der Waals surface area contributed by atoms with Crippen molar-refractivity contribution in [2.45, 2.75) is 77.4 Å². The zero-order valence-electron chi connectivity index (χ0n) is 18.2. The number of allylic oxidation sites excluding steroid dienone is 4. The van der Waals surface area contributed by atoms with Gasteiger partial charge in [0.15, 0.2) is 11.4 Å². The minimum atomic E-state index is -1.33. The van der Waals surface area contributed by atoms with Gasteiger partial charge >= 0.3 is 5.97 Å². The van der Waals surface area contributed by atoms with E-state index in [1.165, 1.54) is 0 Å². The van der Waals surface area contributed by atoms with Crippen LogP contribution in [-0.4, -0.2) is 33.2 Å².